The number of aryl methyl sites for hydroxylation is 1. The fourth-order valence-electron chi connectivity index (χ4n) is 1.86. The van der Waals surface area contributed by atoms with Crippen molar-refractivity contribution in [2.75, 3.05) is 7.11 Å². The van der Waals surface area contributed by atoms with Gasteiger partial charge < -0.3 is 4.74 Å². The molecule has 0 spiro atoms. The molecule has 0 aliphatic rings. The van der Waals surface area contributed by atoms with E-state index in [2.05, 4.69) is 57.8 Å². The van der Waals surface area contributed by atoms with Gasteiger partial charge in [0.1, 0.15) is 0 Å². The van der Waals surface area contributed by atoms with Crippen LogP contribution in [-0.4, -0.2) is 21.2 Å². The predicted octanol–water partition coefficient (Wildman–Crippen LogP) is 4.28. The van der Waals surface area contributed by atoms with Gasteiger partial charge in [0.25, 0.3) is 0 Å². The second kappa shape index (κ2) is 6.20. The van der Waals surface area contributed by atoms with Gasteiger partial charge in [-0.05, 0) is 23.6 Å². The van der Waals surface area contributed by atoms with E-state index in [0.717, 1.165) is 11.1 Å². The maximum atomic E-state index is 11.6. The Morgan fingerprint density at radius 2 is 1.74 bits per heavy atom. The topological polar surface area (TPSA) is 26.3 Å². The number of ether oxygens (including phenoxy) is 1. The summed E-state index contributed by atoms with van der Waals surface area (Å²) in [7, 11) is 0.0457. The van der Waals surface area contributed by atoms with Gasteiger partial charge in [-0.15, -0.1) is 0 Å². The normalized spacial score (nSPS) is 14.1. The molecule has 1 atom stereocenters. The first kappa shape index (κ1) is 15.7. The largest absolute Gasteiger partial charge is 0.466 e. The van der Waals surface area contributed by atoms with E-state index in [9.17, 15) is 4.79 Å². The van der Waals surface area contributed by atoms with E-state index < -0.39 is 8.07 Å². The average molecular weight is 276 g/mol. The Bertz CT molecular complexity index is 467. The average Bonchev–Trinajstić information content (AvgIpc) is 2.35. The SMILES string of the molecule is COC(=O)/C=C(\c1ccc(C)cc1)C(C)[Si](C)(C)C. The van der Waals surface area contributed by atoms with Crippen LogP contribution in [0.15, 0.2) is 30.3 Å². The number of carbonyl (C=O) groups excluding carboxylic acids is 1. The van der Waals surface area contributed by atoms with Gasteiger partial charge >= 0.3 is 5.97 Å². The third-order valence-corrected chi connectivity index (χ3v) is 6.53. The Labute approximate surface area is 117 Å². The highest BCUT2D eigenvalue weighted by atomic mass is 28.3. The van der Waals surface area contributed by atoms with Crippen molar-refractivity contribution in [3.63, 3.8) is 0 Å². The minimum absolute atomic E-state index is 0.277. The van der Waals surface area contributed by atoms with E-state index in [1.54, 1.807) is 6.08 Å². The van der Waals surface area contributed by atoms with Crippen LogP contribution in [0.5, 0.6) is 0 Å². The lowest BCUT2D eigenvalue weighted by molar-refractivity contribution is -0.134. The first-order valence-corrected chi connectivity index (χ1v) is 10.2. The number of benzene rings is 1. The second-order valence-corrected chi connectivity index (χ2v) is 11.7. The van der Waals surface area contributed by atoms with Gasteiger partial charge in [0.05, 0.1) is 15.2 Å². The molecule has 0 bridgehead atoms. The van der Waals surface area contributed by atoms with Crippen molar-refractivity contribution in [1.82, 2.24) is 0 Å². The Morgan fingerprint density at radius 1 is 1.21 bits per heavy atom. The van der Waals surface area contributed by atoms with Crippen molar-refractivity contribution in [2.24, 2.45) is 0 Å². The third-order valence-electron chi connectivity index (χ3n) is 3.62. The smallest absolute Gasteiger partial charge is 0.330 e. The molecule has 1 aromatic rings. The summed E-state index contributed by atoms with van der Waals surface area (Å²) < 4.78 is 4.79. The van der Waals surface area contributed by atoms with Crippen molar-refractivity contribution in [3.05, 3.63) is 41.5 Å². The maximum Gasteiger partial charge on any atom is 0.330 e. The molecule has 0 fully saturated rings. The summed E-state index contributed by atoms with van der Waals surface area (Å²) in [5.74, 6) is -0.277. The van der Waals surface area contributed by atoms with Crippen LogP contribution in [0, 0.1) is 6.92 Å². The summed E-state index contributed by atoms with van der Waals surface area (Å²) in [6.45, 7) is 11.2. The molecule has 0 aromatic heterocycles. The van der Waals surface area contributed by atoms with Crippen LogP contribution in [0.4, 0.5) is 0 Å². The number of carbonyl (C=O) groups is 1. The summed E-state index contributed by atoms with van der Waals surface area (Å²) in [5.41, 5.74) is 3.83. The fourth-order valence-corrected chi connectivity index (χ4v) is 3.04. The van der Waals surface area contributed by atoms with E-state index in [1.165, 1.54) is 12.7 Å². The zero-order valence-corrected chi connectivity index (χ0v) is 13.8. The van der Waals surface area contributed by atoms with Crippen LogP contribution < -0.4 is 0 Å². The van der Waals surface area contributed by atoms with Crippen molar-refractivity contribution < 1.29 is 9.53 Å². The van der Waals surface area contributed by atoms with Gasteiger partial charge in [-0.3, -0.25) is 0 Å². The molecule has 0 saturated carbocycles. The Morgan fingerprint density at radius 3 is 2.16 bits per heavy atom. The van der Waals surface area contributed by atoms with E-state index in [1.807, 2.05) is 0 Å². The number of allylic oxidation sites excluding steroid dienone is 1. The Kier molecular flexibility index (Phi) is 5.12. The number of methoxy groups -OCH3 is 1. The Hall–Kier alpha value is -1.35. The summed E-state index contributed by atoms with van der Waals surface area (Å²) >= 11 is 0. The fraction of sp³-hybridized carbons (Fsp3) is 0.438. The minimum Gasteiger partial charge on any atom is -0.466 e. The zero-order chi connectivity index (χ0) is 14.6. The first-order chi connectivity index (χ1) is 8.75. The second-order valence-electron chi connectivity index (χ2n) is 6.08. The molecule has 0 amide bonds. The van der Waals surface area contributed by atoms with Gasteiger partial charge in [-0.25, -0.2) is 4.79 Å². The lowest BCUT2D eigenvalue weighted by Crippen LogP contribution is -2.27. The van der Waals surface area contributed by atoms with Crippen LogP contribution in [0.3, 0.4) is 0 Å². The highest BCUT2D eigenvalue weighted by Gasteiger charge is 2.27. The maximum absolute atomic E-state index is 11.6. The summed E-state index contributed by atoms with van der Waals surface area (Å²) in [4.78, 5) is 11.6. The van der Waals surface area contributed by atoms with Gasteiger partial charge in [-0.1, -0.05) is 56.4 Å². The Balaban J connectivity index is 3.24. The van der Waals surface area contributed by atoms with E-state index in [-0.39, 0.29) is 5.97 Å². The molecule has 1 aromatic carbocycles. The number of rotatable bonds is 4. The molecular formula is C16H24O2Si. The third kappa shape index (κ3) is 4.35. The molecule has 0 radical (unpaired) electrons. The van der Waals surface area contributed by atoms with Crippen LogP contribution in [0.25, 0.3) is 5.57 Å². The van der Waals surface area contributed by atoms with Crippen LogP contribution >= 0.6 is 0 Å². The summed E-state index contributed by atoms with van der Waals surface area (Å²) in [6, 6.07) is 8.33. The predicted molar refractivity (Wildman–Crippen MR) is 83.9 cm³/mol. The first-order valence-electron chi connectivity index (χ1n) is 6.62. The van der Waals surface area contributed by atoms with Crippen LogP contribution in [0.1, 0.15) is 18.1 Å². The standard InChI is InChI=1S/C16H24O2Si/c1-12-7-9-14(10-8-12)15(11-16(17)18-3)13(2)19(4,5)6/h7-11,13H,1-6H3/b15-11-. The van der Waals surface area contributed by atoms with E-state index >= 15 is 0 Å². The molecule has 0 heterocycles. The molecule has 0 N–H and O–H groups in total. The summed E-state index contributed by atoms with van der Waals surface area (Å²) in [5, 5.41) is 0. The zero-order valence-electron chi connectivity index (χ0n) is 12.8. The number of hydrogen-bond donors (Lipinski definition) is 0. The number of hydrogen-bond acceptors (Lipinski definition) is 2. The molecule has 19 heavy (non-hydrogen) atoms. The lowest BCUT2D eigenvalue weighted by atomic mass is 10.0. The summed E-state index contributed by atoms with van der Waals surface area (Å²) in [6.07, 6.45) is 1.65. The molecule has 0 aliphatic carbocycles. The van der Waals surface area contributed by atoms with Gasteiger partial charge in [0, 0.05) is 6.08 Å². The van der Waals surface area contributed by atoms with Crippen molar-refractivity contribution >= 4 is 19.6 Å². The van der Waals surface area contributed by atoms with E-state index in [4.69, 9.17) is 4.74 Å². The minimum atomic E-state index is -1.38. The van der Waals surface area contributed by atoms with Crippen molar-refractivity contribution in [3.8, 4) is 0 Å². The molecule has 0 saturated heterocycles. The number of esters is 1. The highest BCUT2D eigenvalue weighted by molar-refractivity contribution is 6.79. The van der Waals surface area contributed by atoms with Crippen molar-refractivity contribution in [1.29, 1.82) is 0 Å². The van der Waals surface area contributed by atoms with Crippen LogP contribution in [-0.2, 0) is 9.53 Å². The highest BCUT2D eigenvalue weighted by Crippen LogP contribution is 2.35. The van der Waals surface area contributed by atoms with Gasteiger partial charge in [0.15, 0.2) is 0 Å². The molecule has 104 valence electrons. The molecular weight excluding hydrogens is 252 g/mol. The van der Waals surface area contributed by atoms with Crippen molar-refractivity contribution in [2.45, 2.75) is 39.0 Å². The molecule has 1 rings (SSSR count). The van der Waals surface area contributed by atoms with Crippen LogP contribution in [0.2, 0.25) is 25.2 Å². The quantitative estimate of drug-likeness (QED) is 0.466. The van der Waals surface area contributed by atoms with E-state index in [0.29, 0.717) is 5.54 Å². The molecule has 3 heteroatoms. The van der Waals surface area contributed by atoms with Gasteiger partial charge in [-0.2, -0.15) is 0 Å². The molecule has 2 nitrogen and oxygen atoms in total. The van der Waals surface area contributed by atoms with Gasteiger partial charge in [0.2, 0.25) is 0 Å². The lowest BCUT2D eigenvalue weighted by Gasteiger charge is -2.28. The molecule has 0 aliphatic heterocycles. The monoisotopic (exact) mass is 276 g/mol. The molecule has 1 unspecified atom stereocenters.